The van der Waals surface area contributed by atoms with Gasteiger partial charge in [-0.25, -0.2) is 9.59 Å². The number of alkyl halides is 3. The average molecular weight is 478 g/mol. The summed E-state index contributed by atoms with van der Waals surface area (Å²) in [7, 11) is 2.46. The summed E-state index contributed by atoms with van der Waals surface area (Å²) in [6, 6.07) is 10.5. The van der Waals surface area contributed by atoms with Crippen LogP contribution in [0.25, 0.3) is 0 Å². The molecule has 1 N–H and O–H groups in total. The second-order valence-corrected chi connectivity index (χ2v) is 7.44. The van der Waals surface area contributed by atoms with Crippen LogP contribution in [0.1, 0.15) is 40.9 Å². The molecule has 6 nitrogen and oxygen atoms in total. The molecular formula is C23H21F3N2O4S. The average Bonchev–Trinajstić information content (AvgIpc) is 2.81. The summed E-state index contributed by atoms with van der Waals surface area (Å²) in [5.41, 5.74) is 0.200. The molecule has 0 amide bonds. The molecule has 2 aromatic carbocycles. The first-order chi connectivity index (χ1) is 15.6. The third kappa shape index (κ3) is 4.70. The molecule has 1 heterocycles. The number of hydrogen-bond donors (Lipinski definition) is 1. The molecule has 0 unspecified atom stereocenters. The van der Waals surface area contributed by atoms with Crippen LogP contribution in [0, 0.1) is 0 Å². The fraction of sp³-hybridized carbons (Fsp3) is 0.261. The molecule has 0 fully saturated rings. The Morgan fingerprint density at radius 1 is 1.03 bits per heavy atom. The minimum atomic E-state index is -4.63. The van der Waals surface area contributed by atoms with Crippen molar-refractivity contribution < 1.29 is 32.2 Å². The van der Waals surface area contributed by atoms with E-state index in [9.17, 15) is 22.8 Å². The Bertz CT molecular complexity index is 1110. The molecule has 1 aliphatic rings. The van der Waals surface area contributed by atoms with Crippen LogP contribution in [0.2, 0.25) is 0 Å². The first-order valence-corrected chi connectivity index (χ1v) is 10.3. The predicted molar refractivity (Wildman–Crippen MR) is 120 cm³/mol. The third-order valence-corrected chi connectivity index (χ3v) is 5.50. The van der Waals surface area contributed by atoms with Crippen molar-refractivity contribution in [2.45, 2.75) is 25.6 Å². The molecule has 3 rings (SSSR count). The van der Waals surface area contributed by atoms with Crippen molar-refractivity contribution in [2.24, 2.45) is 0 Å². The van der Waals surface area contributed by atoms with Crippen molar-refractivity contribution in [1.82, 2.24) is 5.32 Å². The number of nitrogens with zero attached hydrogens (tertiary/aromatic N) is 1. The van der Waals surface area contributed by atoms with Crippen LogP contribution in [-0.2, 0) is 20.4 Å². The molecule has 2 aromatic rings. The van der Waals surface area contributed by atoms with Crippen LogP contribution >= 0.6 is 12.2 Å². The lowest BCUT2D eigenvalue weighted by Gasteiger charge is -2.39. The summed E-state index contributed by atoms with van der Waals surface area (Å²) in [5, 5.41) is 2.97. The molecule has 10 heteroatoms. The van der Waals surface area contributed by atoms with Crippen molar-refractivity contribution in [3.8, 4) is 0 Å². The number of thiocarbonyl (C=S) groups is 1. The standard InChI is InChI=1S/C23H21F3N2O4S/c1-4-16-18(21(30)32-3)19(13-9-11-14(12-10-13)20(29)31-2)27-22(33)28(16)17-8-6-5-7-15(17)23(24,25)26/h5-12,19H,4H2,1-3H3,(H,27,33)/t19-/m0/s1. The van der Waals surface area contributed by atoms with E-state index in [1.165, 1.54) is 49.5 Å². The zero-order valence-electron chi connectivity index (χ0n) is 18.0. The maximum atomic E-state index is 13.7. The number of hydrogen-bond acceptors (Lipinski definition) is 5. The maximum absolute atomic E-state index is 13.7. The smallest absolute Gasteiger partial charge is 0.418 e. The zero-order chi connectivity index (χ0) is 24.3. The number of nitrogens with one attached hydrogen (secondary N) is 1. The highest BCUT2D eigenvalue weighted by molar-refractivity contribution is 7.80. The van der Waals surface area contributed by atoms with Crippen molar-refractivity contribution >= 4 is 35.0 Å². The molecular weight excluding hydrogens is 457 g/mol. The summed E-state index contributed by atoms with van der Waals surface area (Å²) in [5.74, 6) is -1.24. The number of carbonyl (C=O) groups is 2. The number of anilines is 1. The van der Waals surface area contributed by atoms with Gasteiger partial charge in [0.1, 0.15) is 0 Å². The Hall–Kier alpha value is -3.40. The van der Waals surface area contributed by atoms with Crippen LogP contribution in [-0.4, -0.2) is 31.3 Å². The fourth-order valence-electron chi connectivity index (χ4n) is 3.71. The molecule has 33 heavy (non-hydrogen) atoms. The van der Waals surface area contributed by atoms with Crippen molar-refractivity contribution in [3.05, 3.63) is 76.5 Å². The van der Waals surface area contributed by atoms with Crippen LogP contribution < -0.4 is 10.2 Å². The summed E-state index contributed by atoms with van der Waals surface area (Å²) >= 11 is 5.46. The normalized spacial score (nSPS) is 16.4. The van der Waals surface area contributed by atoms with Crippen molar-refractivity contribution in [1.29, 1.82) is 0 Å². The highest BCUT2D eigenvalue weighted by Gasteiger charge is 2.40. The maximum Gasteiger partial charge on any atom is 0.418 e. The Labute approximate surface area is 194 Å². The fourth-order valence-corrected chi connectivity index (χ4v) is 4.03. The predicted octanol–water partition coefficient (Wildman–Crippen LogP) is 4.76. The largest absolute Gasteiger partial charge is 0.466 e. The van der Waals surface area contributed by atoms with E-state index in [1.54, 1.807) is 19.1 Å². The Kier molecular flexibility index (Phi) is 7.06. The van der Waals surface area contributed by atoms with E-state index in [0.717, 1.165) is 6.07 Å². The summed E-state index contributed by atoms with van der Waals surface area (Å²) < 4.78 is 50.8. The molecule has 1 atom stereocenters. The first-order valence-electron chi connectivity index (χ1n) is 9.90. The van der Waals surface area contributed by atoms with Gasteiger partial charge in [-0.15, -0.1) is 0 Å². The van der Waals surface area contributed by atoms with E-state index in [4.69, 9.17) is 21.7 Å². The monoisotopic (exact) mass is 478 g/mol. The van der Waals surface area contributed by atoms with Crippen LogP contribution in [0.15, 0.2) is 59.8 Å². The summed E-state index contributed by atoms with van der Waals surface area (Å²) in [4.78, 5) is 25.8. The van der Waals surface area contributed by atoms with Crippen LogP contribution in [0.4, 0.5) is 18.9 Å². The molecule has 0 radical (unpaired) electrons. The van der Waals surface area contributed by atoms with Gasteiger partial charge < -0.3 is 14.8 Å². The molecule has 0 spiro atoms. The minimum absolute atomic E-state index is 0.00162. The first kappa shape index (κ1) is 24.2. The highest BCUT2D eigenvalue weighted by atomic mass is 32.1. The van der Waals surface area contributed by atoms with Gasteiger partial charge in [0, 0.05) is 5.70 Å². The number of carbonyl (C=O) groups excluding carboxylic acids is 2. The highest BCUT2D eigenvalue weighted by Crippen LogP contribution is 2.41. The van der Waals surface area contributed by atoms with Gasteiger partial charge in [-0.2, -0.15) is 13.2 Å². The third-order valence-electron chi connectivity index (χ3n) is 5.20. The van der Waals surface area contributed by atoms with Crippen molar-refractivity contribution in [3.63, 3.8) is 0 Å². The lowest BCUT2D eigenvalue weighted by molar-refractivity contribution is -0.137. The van der Waals surface area contributed by atoms with E-state index >= 15 is 0 Å². The van der Waals surface area contributed by atoms with Crippen LogP contribution in [0.5, 0.6) is 0 Å². The number of halogens is 3. The minimum Gasteiger partial charge on any atom is -0.466 e. The van der Waals surface area contributed by atoms with Gasteiger partial charge in [-0.3, -0.25) is 4.90 Å². The second-order valence-electron chi connectivity index (χ2n) is 7.05. The summed E-state index contributed by atoms with van der Waals surface area (Å²) in [6.07, 6.45) is -4.42. The van der Waals surface area contributed by atoms with Gasteiger partial charge in [-0.05, 0) is 48.5 Å². The van der Waals surface area contributed by atoms with E-state index < -0.39 is 29.7 Å². The van der Waals surface area contributed by atoms with E-state index in [1.807, 2.05) is 0 Å². The molecule has 0 saturated carbocycles. The van der Waals surface area contributed by atoms with E-state index in [0.29, 0.717) is 11.1 Å². The van der Waals surface area contributed by atoms with Gasteiger partial charge in [0.05, 0.1) is 42.6 Å². The van der Waals surface area contributed by atoms with E-state index in [-0.39, 0.29) is 28.5 Å². The van der Waals surface area contributed by atoms with Gasteiger partial charge >= 0.3 is 18.1 Å². The number of benzene rings is 2. The Balaban J connectivity index is 2.19. The number of methoxy groups -OCH3 is 2. The number of allylic oxidation sites excluding steroid dienone is 1. The molecule has 0 aromatic heterocycles. The molecule has 0 aliphatic carbocycles. The lowest BCUT2D eigenvalue weighted by Crippen LogP contribution is -2.49. The van der Waals surface area contributed by atoms with Gasteiger partial charge in [0.15, 0.2) is 5.11 Å². The lowest BCUT2D eigenvalue weighted by atomic mass is 9.92. The Morgan fingerprint density at radius 3 is 2.18 bits per heavy atom. The number of para-hydroxylation sites is 1. The molecule has 0 saturated heterocycles. The topological polar surface area (TPSA) is 67.9 Å². The summed E-state index contributed by atoms with van der Waals surface area (Å²) in [6.45, 7) is 1.72. The van der Waals surface area contributed by atoms with Gasteiger partial charge in [0.25, 0.3) is 0 Å². The number of rotatable bonds is 5. The second kappa shape index (κ2) is 9.62. The quantitative estimate of drug-likeness (QED) is 0.491. The van der Waals surface area contributed by atoms with Crippen molar-refractivity contribution in [2.75, 3.05) is 19.1 Å². The molecule has 0 bridgehead atoms. The number of ether oxygens (including phenoxy) is 2. The molecule has 1 aliphatic heterocycles. The van der Waals surface area contributed by atoms with E-state index in [2.05, 4.69) is 5.32 Å². The SMILES string of the molecule is CCC1=C(C(=O)OC)[C@H](c2ccc(C(=O)OC)cc2)NC(=S)N1c1ccccc1C(F)(F)F. The van der Waals surface area contributed by atoms with Crippen LogP contribution in [0.3, 0.4) is 0 Å². The van der Waals surface area contributed by atoms with Gasteiger partial charge in [0.2, 0.25) is 0 Å². The number of esters is 2. The zero-order valence-corrected chi connectivity index (χ0v) is 18.8. The molecule has 174 valence electrons. The van der Waals surface area contributed by atoms with Gasteiger partial charge in [-0.1, -0.05) is 31.2 Å². The Morgan fingerprint density at radius 2 is 1.64 bits per heavy atom.